The zero-order valence-corrected chi connectivity index (χ0v) is 19.2. The summed E-state index contributed by atoms with van der Waals surface area (Å²) < 4.78 is 28.3. The predicted molar refractivity (Wildman–Crippen MR) is 130 cm³/mol. The van der Waals surface area contributed by atoms with Gasteiger partial charge in [0.2, 0.25) is 15.9 Å². The van der Waals surface area contributed by atoms with Crippen molar-refractivity contribution in [1.29, 1.82) is 5.26 Å². The Morgan fingerprint density at radius 1 is 1.03 bits per heavy atom. The first-order chi connectivity index (χ1) is 16.4. The van der Waals surface area contributed by atoms with Crippen molar-refractivity contribution < 1.29 is 13.2 Å². The molecule has 4 rings (SSSR count). The van der Waals surface area contributed by atoms with Crippen LogP contribution in [0, 0.1) is 11.3 Å². The van der Waals surface area contributed by atoms with Gasteiger partial charge >= 0.3 is 0 Å². The molecule has 1 fully saturated rings. The molecule has 9 heteroatoms. The van der Waals surface area contributed by atoms with Crippen LogP contribution in [0.4, 0.5) is 11.5 Å². The number of aromatic nitrogens is 1. The fourth-order valence-corrected chi connectivity index (χ4v) is 5.40. The van der Waals surface area contributed by atoms with Crippen LogP contribution in [0.25, 0.3) is 11.1 Å². The van der Waals surface area contributed by atoms with Gasteiger partial charge in [-0.3, -0.25) is 4.79 Å². The summed E-state index contributed by atoms with van der Waals surface area (Å²) in [6.07, 6.45) is 2.74. The summed E-state index contributed by atoms with van der Waals surface area (Å²) in [6.45, 7) is 4.61. The van der Waals surface area contributed by atoms with E-state index in [-0.39, 0.29) is 23.9 Å². The van der Waals surface area contributed by atoms with Crippen LogP contribution in [0.3, 0.4) is 0 Å². The van der Waals surface area contributed by atoms with Gasteiger partial charge in [0, 0.05) is 43.6 Å². The number of hydrogen-bond acceptors (Lipinski definition) is 6. The van der Waals surface area contributed by atoms with Crippen LogP contribution < -0.4 is 5.32 Å². The van der Waals surface area contributed by atoms with E-state index < -0.39 is 10.0 Å². The van der Waals surface area contributed by atoms with Crippen molar-refractivity contribution in [2.24, 2.45) is 0 Å². The fraction of sp³-hybridized carbons (Fsp3) is 0.160. The zero-order valence-electron chi connectivity index (χ0n) is 18.4. The number of benzene rings is 2. The van der Waals surface area contributed by atoms with Crippen molar-refractivity contribution >= 4 is 27.4 Å². The maximum absolute atomic E-state index is 13.4. The van der Waals surface area contributed by atoms with E-state index in [4.69, 9.17) is 5.26 Å². The number of pyridine rings is 1. The Kier molecular flexibility index (Phi) is 6.72. The van der Waals surface area contributed by atoms with Gasteiger partial charge in [-0.15, -0.1) is 0 Å². The molecule has 0 spiro atoms. The van der Waals surface area contributed by atoms with Crippen molar-refractivity contribution in [3.63, 3.8) is 0 Å². The maximum Gasteiger partial charge on any atom is 0.246 e. The molecule has 34 heavy (non-hydrogen) atoms. The number of nitrogens with one attached hydrogen (secondary N) is 1. The van der Waals surface area contributed by atoms with Crippen LogP contribution in [0.1, 0.15) is 5.56 Å². The molecule has 0 unspecified atom stereocenters. The number of carbonyl (C=O) groups is 1. The van der Waals surface area contributed by atoms with E-state index in [1.807, 2.05) is 36.4 Å². The van der Waals surface area contributed by atoms with Crippen molar-refractivity contribution in [3.8, 4) is 17.2 Å². The van der Waals surface area contributed by atoms with Crippen molar-refractivity contribution in [3.05, 3.63) is 85.1 Å². The molecule has 0 bridgehead atoms. The third-order valence-corrected chi connectivity index (χ3v) is 7.55. The lowest BCUT2D eigenvalue weighted by atomic mass is 10.1. The van der Waals surface area contributed by atoms with Crippen molar-refractivity contribution in [2.45, 2.75) is 4.90 Å². The SMILES string of the molecule is C=CC(=O)N1CCN(S(=O)(=O)c2ccccc2-c2ccc(Nc3ccc(C#N)cn3)cc2)CC1. The molecular formula is C25H23N5O3S. The Morgan fingerprint density at radius 3 is 2.35 bits per heavy atom. The molecular weight excluding hydrogens is 450 g/mol. The molecule has 2 heterocycles. The summed E-state index contributed by atoms with van der Waals surface area (Å²) in [4.78, 5) is 17.8. The van der Waals surface area contributed by atoms with Gasteiger partial charge < -0.3 is 10.2 Å². The van der Waals surface area contributed by atoms with Crippen LogP contribution in [-0.2, 0) is 14.8 Å². The second-order valence-electron chi connectivity index (χ2n) is 7.68. The number of sulfonamides is 1. The zero-order chi connectivity index (χ0) is 24.1. The quantitative estimate of drug-likeness (QED) is 0.550. The topological polar surface area (TPSA) is 106 Å². The van der Waals surface area contributed by atoms with Gasteiger partial charge in [0.25, 0.3) is 0 Å². The molecule has 1 aliphatic rings. The number of nitrogens with zero attached hydrogens (tertiary/aromatic N) is 4. The first-order valence-corrected chi connectivity index (χ1v) is 12.1. The third-order valence-electron chi connectivity index (χ3n) is 5.59. The molecule has 2 aromatic carbocycles. The van der Waals surface area contributed by atoms with E-state index >= 15 is 0 Å². The molecule has 1 amide bonds. The second-order valence-corrected chi connectivity index (χ2v) is 9.58. The van der Waals surface area contributed by atoms with Crippen LogP contribution in [0.5, 0.6) is 0 Å². The monoisotopic (exact) mass is 473 g/mol. The molecule has 0 saturated carbocycles. The third kappa shape index (κ3) is 4.83. The van der Waals surface area contributed by atoms with Gasteiger partial charge in [0.15, 0.2) is 0 Å². The van der Waals surface area contributed by atoms with Crippen LogP contribution in [0.15, 0.2) is 84.4 Å². The lowest BCUT2D eigenvalue weighted by Gasteiger charge is -2.33. The first-order valence-electron chi connectivity index (χ1n) is 10.7. The Balaban J connectivity index is 1.54. The summed E-state index contributed by atoms with van der Waals surface area (Å²) in [6, 6.07) is 19.7. The summed E-state index contributed by atoms with van der Waals surface area (Å²) >= 11 is 0. The number of nitriles is 1. The Labute approximate surface area is 198 Å². The number of hydrogen-bond donors (Lipinski definition) is 1. The highest BCUT2D eigenvalue weighted by Crippen LogP contribution is 2.31. The molecule has 3 aromatic rings. The van der Waals surface area contributed by atoms with E-state index in [0.29, 0.717) is 30.0 Å². The average Bonchev–Trinajstić information content (AvgIpc) is 2.89. The molecule has 0 radical (unpaired) electrons. The number of carbonyl (C=O) groups excluding carboxylic acids is 1. The number of piperazine rings is 1. The maximum atomic E-state index is 13.4. The van der Waals surface area contributed by atoms with Gasteiger partial charge in [0.1, 0.15) is 11.9 Å². The highest BCUT2D eigenvalue weighted by atomic mass is 32.2. The standard InChI is InChI=1S/C25H23N5O3S/c1-2-25(31)29-13-15-30(16-14-29)34(32,33)23-6-4-3-5-22(23)20-8-10-21(11-9-20)28-24-12-7-19(17-26)18-27-24/h2-12,18H,1,13-16H2,(H,27,28). The highest BCUT2D eigenvalue weighted by Gasteiger charge is 2.31. The molecule has 1 aliphatic heterocycles. The van der Waals surface area contributed by atoms with Crippen LogP contribution >= 0.6 is 0 Å². The van der Waals surface area contributed by atoms with E-state index in [2.05, 4.69) is 16.9 Å². The number of rotatable bonds is 6. The normalized spacial score (nSPS) is 14.3. The van der Waals surface area contributed by atoms with Crippen molar-refractivity contribution in [2.75, 3.05) is 31.5 Å². The van der Waals surface area contributed by atoms with Gasteiger partial charge in [-0.05, 0) is 42.0 Å². The Morgan fingerprint density at radius 2 is 1.74 bits per heavy atom. The van der Waals surface area contributed by atoms with Gasteiger partial charge in [-0.25, -0.2) is 13.4 Å². The van der Waals surface area contributed by atoms with Gasteiger partial charge in [-0.1, -0.05) is 36.9 Å². The summed E-state index contributed by atoms with van der Waals surface area (Å²) in [5, 5.41) is 12.1. The van der Waals surface area contributed by atoms with E-state index in [1.165, 1.54) is 16.6 Å². The van der Waals surface area contributed by atoms with E-state index in [9.17, 15) is 13.2 Å². The molecule has 8 nitrogen and oxygen atoms in total. The van der Waals surface area contributed by atoms with E-state index in [1.54, 1.807) is 35.2 Å². The predicted octanol–water partition coefficient (Wildman–Crippen LogP) is 3.38. The molecule has 172 valence electrons. The molecule has 0 aliphatic carbocycles. The Hall–Kier alpha value is -4.00. The summed E-state index contributed by atoms with van der Waals surface area (Å²) in [7, 11) is -3.74. The van der Waals surface area contributed by atoms with E-state index in [0.717, 1.165) is 11.3 Å². The number of amides is 1. The van der Waals surface area contributed by atoms with Crippen LogP contribution in [-0.4, -0.2) is 54.7 Å². The summed E-state index contributed by atoms with van der Waals surface area (Å²) in [5.41, 5.74) is 2.63. The van der Waals surface area contributed by atoms with Crippen LogP contribution in [0.2, 0.25) is 0 Å². The second kappa shape index (κ2) is 9.87. The average molecular weight is 474 g/mol. The van der Waals surface area contributed by atoms with Crippen molar-refractivity contribution in [1.82, 2.24) is 14.2 Å². The highest BCUT2D eigenvalue weighted by molar-refractivity contribution is 7.89. The minimum absolute atomic E-state index is 0.192. The molecule has 0 atom stereocenters. The number of anilines is 2. The summed E-state index contributed by atoms with van der Waals surface area (Å²) in [5.74, 6) is 0.408. The lowest BCUT2D eigenvalue weighted by Crippen LogP contribution is -2.50. The molecule has 1 aromatic heterocycles. The fourth-order valence-electron chi connectivity index (χ4n) is 3.76. The lowest BCUT2D eigenvalue weighted by molar-refractivity contribution is -0.127. The minimum Gasteiger partial charge on any atom is -0.340 e. The first kappa shape index (κ1) is 23.2. The molecule has 1 saturated heterocycles. The van der Waals surface area contributed by atoms with Gasteiger partial charge in [-0.2, -0.15) is 9.57 Å². The molecule has 1 N–H and O–H groups in total. The largest absolute Gasteiger partial charge is 0.340 e. The minimum atomic E-state index is -3.74. The Bertz CT molecular complexity index is 1340. The smallest absolute Gasteiger partial charge is 0.246 e. The van der Waals surface area contributed by atoms with Gasteiger partial charge in [0.05, 0.1) is 10.5 Å².